The van der Waals surface area contributed by atoms with Gasteiger partial charge in [0.25, 0.3) is 0 Å². The number of fused-ring (bicyclic) bond motifs is 2. The molecule has 2 N–H and O–H groups in total. The zero-order valence-corrected chi connectivity index (χ0v) is 14.6. The van der Waals surface area contributed by atoms with E-state index in [1.165, 1.54) is 12.1 Å². The van der Waals surface area contributed by atoms with E-state index in [0.717, 1.165) is 5.82 Å². The molecule has 5 rings (SSSR count). The Morgan fingerprint density at radius 3 is 3.04 bits per heavy atom. The van der Waals surface area contributed by atoms with E-state index < -0.39 is 11.6 Å². The Labute approximate surface area is 158 Å². The maximum Gasteiger partial charge on any atom is 0.177 e. The molecule has 0 spiro atoms. The summed E-state index contributed by atoms with van der Waals surface area (Å²) in [6.07, 6.45) is 2.04. The zero-order chi connectivity index (χ0) is 19.1. The molecule has 0 fully saturated rings. The first-order valence-corrected chi connectivity index (χ1v) is 8.73. The minimum atomic E-state index is -0.697. The van der Waals surface area contributed by atoms with Crippen LogP contribution < -0.4 is 10.1 Å². The first-order chi connectivity index (χ1) is 13.7. The molecule has 0 amide bonds. The highest BCUT2D eigenvalue weighted by molar-refractivity contribution is 5.61. The van der Waals surface area contributed by atoms with Crippen molar-refractivity contribution in [2.24, 2.45) is 0 Å². The van der Waals surface area contributed by atoms with Crippen LogP contribution in [-0.2, 0) is 6.42 Å². The number of benzene rings is 1. The summed E-state index contributed by atoms with van der Waals surface area (Å²) in [5.74, 6) is 0.958. The molecular weight excluding hydrogens is 363 g/mol. The molecule has 140 valence electrons. The molecule has 9 heteroatoms. The van der Waals surface area contributed by atoms with Crippen LogP contribution in [0.15, 0.2) is 48.7 Å². The fraction of sp³-hybridized carbons (Fsp3) is 0.158. The van der Waals surface area contributed by atoms with Crippen molar-refractivity contribution in [3.05, 3.63) is 60.3 Å². The third kappa shape index (κ3) is 2.86. The van der Waals surface area contributed by atoms with Gasteiger partial charge in [-0.3, -0.25) is 0 Å². The quantitative estimate of drug-likeness (QED) is 0.565. The molecule has 0 bridgehead atoms. The molecule has 1 unspecified atom stereocenters. The van der Waals surface area contributed by atoms with Crippen molar-refractivity contribution < 1.29 is 14.2 Å². The van der Waals surface area contributed by atoms with Crippen molar-refractivity contribution in [3.8, 4) is 22.8 Å². The van der Waals surface area contributed by atoms with Crippen molar-refractivity contribution in [1.29, 1.82) is 0 Å². The number of hydrogen-bond donors (Lipinski definition) is 2. The normalized spacial score (nSPS) is 15.7. The Morgan fingerprint density at radius 1 is 1.21 bits per heavy atom. The summed E-state index contributed by atoms with van der Waals surface area (Å²) in [6.45, 7) is 0.585. The fourth-order valence-corrected chi connectivity index (χ4v) is 3.15. The van der Waals surface area contributed by atoms with Crippen LogP contribution >= 0.6 is 0 Å². The van der Waals surface area contributed by atoms with Gasteiger partial charge in [0.15, 0.2) is 34.6 Å². The minimum absolute atomic E-state index is 0.152. The first-order valence-electron chi connectivity index (χ1n) is 8.73. The van der Waals surface area contributed by atoms with E-state index in [4.69, 9.17) is 4.74 Å². The number of pyridine rings is 1. The van der Waals surface area contributed by atoms with Gasteiger partial charge in [-0.2, -0.15) is 9.61 Å². The topological polar surface area (TPSA) is 97.5 Å². The number of phenols is 1. The molecule has 1 aromatic carbocycles. The van der Waals surface area contributed by atoms with Gasteiger partial charge < -0.3 is 15.2 Å². The Morgan fingerprint density at radius 2 is 2.14 bits per heavy atom. The molecule has 3 aromatic heterocycles. The second kappa shape index (κ2) is 6.45. The second-order valence-corrected chi connectivity index (χ2v) is 6.45. The predicted molar refractivity (Wildman–Crippen MR) is 98.7 cm³/mol. The lowest BCUT2D eigenvalue weighted by Gasteiger charge is -2.25. The van der Waals surface area contributed by atoms with Gasteiger partial charge in [0.2, 0.25) is 0 Å². The van der Waals surface area contributed by atoms with E-state index in [-0.39, 0.29) is 6.10 Å². The Balaban J connectivity index is 1.45. The standard InChI is InChI=1S/C19H15FN6O2/c20-13-8-11(3-5-15(13)27)14-4-6-17-23-24-18(26(17)25-14)9-12-10-22-19-16(28-12)2-1-7-21-19/h1-8,12,27H,9-10H2,(H,21,22). The van der Waals surface area contributed by atoms with Gasteiger partial charge in [-0.05, 0) is 42.5 Å². The van der Waals surface area contributed by atoms with Crippen molar-refractivity contribution in [1.82, 2.24) is 24.8 Å². The number of aromatic hydroxyl groups is 1. The Bertz CT molecular complexity index is 1180. The lowest BCUT2D eigenvalue weighted by molar-refractivity contribution is 0.202. The third-order valence-corrected chi connectivity index (χ3v) is 4.54. The number of aromatic nitrogens is 5. The molecular formula is C19H15FN6O2. The summed E-state index contributed by atoms with van der Waals surface area (Å²) in [5.41, 5.74) is 1.68. The van der Waals surface area contributed by atoms with Crippen LogP contribution in [-0.4, -0.2) is 42.6 Å². The largest absolute Gasteiger partial charge is 0.505 e. The maximum absolute atomic E-state index is 13.7. The maximum atomic E-state index is 13.7. The molecule has 4 heterocycles. The highest BCUT2D eigenvalue weighted by Gasteiger charge is 2.22. The molecule has 28 heavy (non-hydrogen) atoms. The number of anilines is 1. The molecule has 8 nitrogen and oxygen atoms in total. The van der Waals surface area contributed by atoms with E-state index in [9.17, 15) is 9.50 Å². The lowest BCUT2D eigenvalue weighted by Crippen LogP contribution is -2.33. The number of nitrogens with zero attached hydrogens (tertiary/aromatic N) is 5. The van der Waals surface area contributed by atoms with Gasteiger partial charge in [-0.15, -0.1) is 10.2 Å². The molecule has 0 saturated heterocycles. The van der Waals surface area contributed by atoms with Crippen LogP contribution in [0.25, 0.3) is 16.9 Å². The summed E-state index contributed by atoms with van der Waals surface area (Å²) < 4.78 is 21.3. The highest BCUT2D eigenvalue weighted by Crippen LogP contribution is 2.27. The Hall–Kier alpha value is -3.75. The van der Waals surface area contributed by atoms with Crippen molar-refractivity contribution in [2.75, 3.05) is 11.9 Å². The summed E-state index contributed by atoms with van der Waals surface area (Å²) in [6, 6.07) is 11.3. The smallest absolute Gasteiger partial charge is 0.177 e. The van der Waals surface area contributed by atoms with Crippen LogP contribution in [0.1, 0.15) is 5.82 Å². The SMILES string of the molecule is Oc1ccc(-c2ccc3nnc(CC4CNc5ncccc5O4)n3n2)cc1F. The van der Waals surface area contributed by atoms with Gasteiger partial charge in [0.05, 0.1) is 12.2 Å². The first kappa shape index (κ1) is 16.4. The van der Waals surface area contributed by atoms with E-state index in [1.807, 2.05) is 12.1 Å². The van der Waals surface area contributed by atoms with Crippen LogP contribution in [0, 0.1) is 5.82 Å². The molecule has 4 aromatic rings. The average molecular weight is 378 g/mol. The summed E-state index contributed by atoms with van der Waals surface area (Å²) in [5, 5.41) is 25.5. The van der Waals surface area contributed by atoms with Gasteiger partial charge in [0, 0.05) is 18.2 Å². The van der Waals surface area contributed by atoms with Crippen molar-refractivity contribution in [3.63, 3.8) is 0 Å². The molecule has 0 saturated carbocycles. The number of hydrogen-bond acceptors (Lipinski definition) is 7. The van der Waals surface area contributed by atoms with E-state index in [2.05, 4.69) is 25.6 Å². The lowest BCUT2D eigenvalue weighted by atomic mass is 10.1. The van der Waals surface area contributed by atoms with E-state index in [1.54, 1.807) is 28.9 Å². The summed E-state index contributed by atoms with van der Waals surface area (Å²) in [7, 11) is 0. The highest BCUT2D eigenvalue weighted by atomic mass is 19.1. The van der Waals surface area contributed by atoms with Gasteiger partial charge in [0.1, 0.15) is 6.10 Å². The summed E-state index contributed by atoms with van der Waals surface area (Å²) >= 11 is 0. The van der Waals surface area contributed by atoms with Crippen LogP contribution in [0.2, 0.25) is 0 Å². The predicted octanol–water partition coefficient (Wildman–Crippen LogP) is 2.45. The Kier molecular flexibility index (Phi) is 3.78. The molecule has 1 aliphatic heterocycles. The average Bonchev–Trinajstić information content (AvgIpc) is 3.12. The van der Waals surface area contributed by atoms with Crippen molar-refractivity contribution >= 4 is 11.5 Å². The van der Waals surface area contributed by atoms with Gasteiger partial charge in [-0.1, -0.05) is 0 Å². The monoisotopic (exact) mass is 378 g/mol. The summed E-state index contributed by atoms with van der Waals surface area (Å²) in [4.78, 5) is 4.23. The molecule has 0 radical (unpaired) electrons. The van der Waals surface area contributed by atoms with Crippen LogP contribution in [0.5, 0.6) is 11.5 Å². The molecule has 0 aliphatic carbocycles. The number of ether oxygens (including phenoxy) is 1. The van der Waals surface area contributed by atoms with Crippen LogP contribution in [0.4, 0.5) is 10.2 Å². The minimum Gasteiger partial charge on any atom is -0.505 e. The second-order valence-electron chi connectivity index (χ2n) is 6.45. The number of halogens is 1. The number of phenolic OH excluding ortho intramolecular Hbond substituents is 1. The molecule has 1 atom stereocenters. The number of rotatable bonds is 3. The number of nitrogens with one attached hydrogen (secondary N) is 1. The van der Waals surface area contributed by atoms with Crippen LogP contribution in [0.3, 0.4) is 0 Å². The van der Waals surface area contributed by atoms with E-state index >= 15 is 0 Å². The van der Waals surface area contributed by atoms with E-state index in [0.29, 0.717) is 41.4 Å². The molecule has 1 aliphatic rings. The van der Waals surface area contributed by atoms with Gasteiger partial charge >= 0.3 is 0 Å². The zero-order valence-electron chi connectivity index (χ0n) is 14.6. The third-order valence-electron chi connectivity index (χ3n) is 4.54. The van der Waals surface area contributed by atoms with Gasteiger partial charge in [-0.25, -0.2) is 9.37 Å². The van der Waals surface area contributed by atoms with Crippen molar-refractivity contribution in [2.45, 2.75) is 12.5 Å². The fourth-order valence-electron chi connectivity index (χ4n) is 3.15.